The second-order valence-corrected chi connectivity index (χ2v) is 5.72. The summed E-state index contributed by atoms with van der Waals surface area (Å²) in [4.78, 5) is 23.3. The zero-order valence-corrected chi connectivity index (χ0v) is 15.1. The number of nitrogens with one attached hydrogen (secondary N) is 2. The fraction of sp³-hybridized carbons (Fsp3) is 0.300. The number of methoxy groups -OCH3 is 1. The molecule has 0 saturated carbocycles. The van der Waals surface area contributed by atoms with Crippen LogP contribution in [0.15, 0.2) is 48.5 Å². The predicted molar refractivity (Wildman–Crippen MR) is 99.1 cm³/mol. The van der Waals surface area contributed by atoms with E-state index in [0.29, 0.717) is 25.3 Å². The molecule has 0 saturated heterocycles. The Kier molecular flexibility index (Phi) is 7.49. The molecule has 2 aromatic rings. The lowest BCUT2D eigenvalue weighted by molar-refractivity contribution is 0.0600. The maximum absolute atomic E-state index is 11.9. The molecule has 0 atom stereocenters. The number of carbonyl (C=O) groups excluding carboxylic acids is 2. The average molecular weight is 356 g/mol. The molecule has 0 fully saturated rings. The van der Waals surface area contributed by atoms with Crippen LogP contribution in [-0.4, -0.2) is 25.7 Å². The monoisotopic (exact) mass is 356 g/mol. The van der Waals surface area contributed by atoms with E-state index in [1.807, 2.05) is 24.3 Å². The number of esters is 1. The van der Waals surface area contributed by atoms with E-state index in [4.69, 9.17) is 4.74 Å². The van der Waals surface area contributed by atoms with Crippen molar-refractivity contribution in [3.63, 3.8) is 0 Å². The molecule has 0 unspecified atom stereocenters. The van der Waals surface area contributed by atoms with E-state index in [0.717, 1.165) is 23.3 Å². The van der Waals surface area contributed by atoms with Crippen molar-refractivity contribution in [2.45, 2.75) is 26.4 Å². The lowest BCUT2D eigenvalue weighted by Crippen LogP contribution is -2.34. The van der Waals surface area contributed by atoms with Gasteiger partial charge in [-0.3, -0.25) is 0 Å². The maximum Gasteiger partial charge on any atom is 0.337 e. The van der Waals surface area contributed by atoms with Crippen molar-refractivity contribution < 1.29 is 19.1 Å². The summed E-state index contributed by atoms with van der Waals surface area (Å²) in [7, 11) is 1.34. The number of rotatable bonds is 8. The van der Waals surface area contributed by atoms with Crippen LogP contribution >= 0.6 is 0 Å². The number of carbonyl (C=O) groups is 2. The van der Waals surface area contributed by atoms with Crippen molar-refractivity contribution >= 4 is 12.0 Å². The predicted octanol–water partition coefficient (Wildman–Crippen LogP) is 3.26. The van der Waals surface area contributed by atoms with E-state index in [9.17, 15) is 9.59 Å². The minimum atomic E-state index is -0.382. The highest BCUT2D eigenvalue weighted by molar-refractivity contribution is 5.89. The number of hydrogen-bond donors (Lipinski definition) is 2. The SMILES string of the molecule is CCCOc1cccc(CNC(=O)NCc2ccc(C(=O)OC)cc2)c1. The lowest BCUT2D eigenvalue weighted by atomic mass is 10.1. The van der Waals surface area contributed by atoms with Gasteiger partial charge in [0.15, 0.2) is 0 Å². The van der Waals surface area contributed by atoms with Crippen molar-refractivity contribution in [1.82, 2.24) is 10.6 Å². The average Bonchev–Trinajstić information content (AvgIpc) is 2.69. The van der Waals surface area contributed by atoms with E-state index in [-0.39, 0.29) is 12.0 Å². The zero-order chi connectivity index (χ0) is 18.8. The van der Waals surface area contributed by atoms with Gasteiger partial charge in [-0.1, -0.05) is 31.2 Å². The van der Waals surface area contributed by atoms with Gasteiger partial charge in [0.05, 0.1) is 19.3 Å². The van der Waals surface area contributed by atoms with Crippen LogP contribution in [0.4, 0.5) is 4.79 Å². The highest BCUT2D eigenvalue weighted by Gasteiger charge is 2.05. The fourth-order valence-corrected chi connectivity index (χ4v) is 2.27. The zero-order valence-electron chi connectivity index (χ0n) is 15.1. The van der Waals surface area contributed by atoms with Crippen molar-refractivity contribution in [1.29, 1.82) is 0 Å². The van der Waals surface area contributed by atoms with Gasteiger partial charge in [-0.25, -0.2) is 9.59 Å². The molecule has 6 heteroatoms. The van der Waals surface area contributed by atoms with Crippen molar-refractivity contribution in [3.05, 3.63) is 65.2 Å². The molecule has 2 rings (SSSR count). The Morgan fingerprint density at radius 3 is 2.31 bits per heavy atom. The Labute approximate surface area is 153 Å². The molecular formula is C20H24N2O4. The third-order valence-electron chi connectivity index (χ3n) is 3.65. The molecule has 2 N–H and O–H groups in total. The highest BCUT2D eigenvalue weighted by Crippen LogP contribution is 2.13. The van der Waals surface area contributed by atoms with Crippen LogP contribution in [0.25, 0.3) is 0 Å². The normalized spacial score (nSPS) is 10.1. The van der Waals surface area contributed by atoms with Crippen molar-refractivity contribution in [3.8, 4) is 5.75 Å². The van der Waals surface area contributed by atoms with Gasteiger partial charge in [-0.15, -0.1) is 0 Å². The molecule has 0 aromatic heterocycles. The van der Waals surface area contributed by atoms with Gasteiger partial charge in [0.2, 0.25) is 0 Å². The number of ether oxygens (including phenoxy) is 2. The van der Waals surface area contributed by atoms with Gasteiger partial charge in [0.25, 0.3) is 0 Å². The molecule has 0 aliphatic carbocycles. The molecule has 0 aliphatic heterocycles. The van der Waals surface area contributed by atoms with E-state index in [1.54, 1.807) is 24.3 Å². The minimum Gasteiger partial charge on any atom is -0.494 e. The van der Waals surface area contributed by atoms with Crippen LogP contribution < -0.4 is 15.4 Å². The smallest absolute Gasteiger partial charge is 0.337 e. The first kappa shape index (κ1) is 19.3. The van der Waals surface area contributed by atoms with Crippen molar-refractivity contribution in [2.75, 3.05) is 13.7 Å². The summed E-state index contributed by atoms with van der Waals surface area (Å²) < 4.78 is 10.2. The third kappa shape index (κ3) is 6.12. The maximum atomic E-state index is 11.9. The molecule has 138 valence electrons. The van der Waals surface area contributed by atoms with E-state index in [2.05, 4.69) is 22.3 Å². The summed E-state index contributed by atoms with van der Waals surface area (Å²) in [6.45, 7) is 3.51. The molecule has 2 aromatic carbocycles. The van der Waals surface area contributed by atoms with Crippen LogP contribution in [0.1, 0.15) is 34.8 Å². The van der Waals surface area contributed by atoms with Gasteiger partial charge in [0, 0.05) is 13.1 Å². The summed E-state index contributed by atoms with van der Waals surface area (Å²) in [6, 6.07) is 14.3. The van der Waals surface area contributed by atoms with Crippen LogP contribution in [0.5, 0.6) is 5.75 Å². The Morgan fingerprint density at radius 2 is 1.65 bits per heavy atom. The highest BCUT2D eigenvalue weighted by atomic mass is 16.5. The Morgan fingerprint density at radius 1 is 0.962 bits per heavy atom. The first-order valence-electron chi connectivity index (χ1n) is 8.53. The third-order valence-corrected chi connectivity index (χ3v) is 3.65. The van der Waals surface area contributed by atoms with Gasteiger partial charge >= 0.3 is 12.0 Å². The first-order valence-corrected chi connectivity index (χ1v) is 8.53. The van der Waals surface area contributed by atoms with E-state index in [1.165, 1.54) is 7.11 Å². The second kappa shape index (κ2) is 10.1. The lowest BCUT2D eigenvalue weighted by Gasteiger charge is -2.10. The van der Waals surface area contributed by atoms with Gasteiger partial charge in [0.1, 0.15) is 5.75 Å². The molecule has 26 heavy (non-hydrogen) atoms. The fourth-order valence-electron chi connectivity index (χ4n) is 2.27. The second-order valence-electron chi connectivity index (χ2n) is 5.72. The number of urea groups is 1. The topological polar surface area (TPSA) is 76.7 Å². The quantitative estimate of drug-likeness (QED) is 0.712. The van der Waals surface area contributed by atoms with Gasteiger partial charge in [-0.05, 0) is 41.8 Å². The summed E-state index contributed by atoms with van der Waals surface area (Å²) in [6.07, 6.45) is 0.950. The molecule has 6 nitrogen and oxygen atoms in total. The molecule has 0 bridgehead atoms. The van der Waals surface area contributed by atoms with E-state index < -0.39 is 0 Å². The van der Waals surface area contributed by atoms with Crippen molar-refractivity contribution in [2.24, 2.45) is 0 Å². The number of benzene rings is 2. The Bertz CT molecular complexity index is 729. The van der Waals surface area contributed by atoms with Crippen LogP contribution in [0.2, 0.25) is 0 Å². The molecule has 0 heterocycles. The first-order chi connectivity index (χ1) is 12.6. The summed E-state index contributed by atoms with van der Waals surface area (Å²) >= 11 is 0. The number of hydrogen-bond acceptors (Lipinski definition) is 4. The molecule has 2 amide bonds. The molecule has 0 spiro atoms. The van der Waals surface area contributed by atoms with Crippen LogP contribution in [0.3, 0.4) is 0 Å². The summed E-state index contributed by atoms with van der Waals surface area (Å²) in [5, 5.41) is 5.59. The Balaban J connectivity index is 1.77. The largest absolute Gasteiger partial charge is 0.494 e. The standard InChI is InChI=1S/C20H24N2O4/c1-3-11-26-18-6-4-5-16(12-18)14-22-20(24)21-13-15-7-9-17(10-8-15)19(23)25-2/h4-10,12H,3,11,13-14H2,1-2H3,(H2,21,22,24). The summed E-state index contributed by atoms with van der Waals surface area (Å²) in [5.74, 6) is 0.421. The van der Waals surface area contributed by atoms with Gasteiger partial charge < -0.3 is 20.1 Å². The number of amides is 2. The minimum absolute atomic E-state index is 0.262. The van der Waals surface area contributed by atoms with Gasteiger partial charge in [-0.2, -0.15) is 0 Å². The Hall–Kier alpha value is -3.02. The molecular weight excluding hydrogens is 332 g/mol. The molecule has 0 radical (unpaired) electrons. The van der Waals surface area contributed by atoms with E-state index >= 15 is 0 Å². The van der Waals surface area contributed by atoms with Crippen LogP contribution in [-0.2, 0) is 17.8 Å². The van der Waals surface area contributed by atoms with Crippen LogP contribution in [0, 0.1) is 0 Å². The summed E-state index contributed by atoms with van der Waals surface area (Å²) in [5.41, 5.74) is 2.34. The molecule has 0 aliphatic rings.